The number of benzene rings is 3. The minimum Gasteiger partial charge on any atom is -0.507 e. The Kier molecular flexibility index (Phi) is 7.25. The van der Waals surface area contributed by atoms with E-state index in [2.05, 4.69) is 20.8 Å². The van der Waals surface area contributed by atoms with Gasteiger partial charge in [-0.15, -0.1) is 0 Å². The topological polar surface area (TPSA) is 66.8 Å². The number of aryl methyl sites for hydroxylation is 1. The summed E-state index contributed by atoms with van der Waals surface area (Å²) in [4.78, 5) is 28.1. The summed E-state index contributed by atoms with van der Waals surface area (Å²) in [6, 6.07) is 18.5. The van der Waals surface area contributed by atoms with Crippen LogP contribution in [0.25, 0.3) is 16.5 Å². The maximum atomic E-state index is 13.3. The van der Waals surface area contributed by atoms with Gasteiger partial charge in [0.2, 0.25) is 0 Å². The molecule has 3 aromatic carbocycles. The summed E-state index contributed by atoms with van der Waals surface area (Å²) >= 11 is 0. The van der Waals surface area contributed by atoms with Crippen LogP contribution in [0, 0.1) is 12.8 Å². The van der Waals surface area contributed by atoms with Gasteiger partial charge in [0.25, 0.3) is 11.7 Å². The van der Waals surface area contributed by atoms with Gasteiger partial charge in [0.05, 0.1) is 18.2 Å². The van der Waals surface area contributed by atoms with Crippen LogP contribution in [-0.4, -0.2) is 34.8 Å². The lowest BCUT2D eigenvalue weighted by atomic mass is 9.91. The van der Waals surface area contributed by atoms with Crippen molar-refractivity contribution in [3.05, 3.63) is 82.9 Å². The summed E-state index contributed by atoms with van der Waals surface area (Å²) in [5, 5.41) is 13.4. The number of rotatable bonds is 8. The normalized spacial score (nSPS) is 17.5. The van der Waals surface area contributed by atoms with Crippen LogP contribution in [0.4, 0.5) is 0 Å². The molecule has 0 spiro atoms. The van der Waals surface area contributed by atoms with Crippen molar-refractivity contribution in [2.45, 2.75) is 46.6 Å². The molecule has 1 atom stereocenters. The smallest absolute Gasteiger partial charge is 0.295 e. The largest absolute Gasteiger partial charge is 0.507 e. The summed E-state index contributed by atoms with van der Waals surface area (Å²) in [5.74, 6) is -0.230. The Hall–Kier alpha value is -3.60. The van der Waals surface area contributed by atoms with Gasteiger partial charge in [-0.05, 0) is 59.4 Å². The highest BCUT2D eigenvalue weighted by molar-refractivity contribution is 6.46. The van der Waals surface area contributed by atoms with E-state index in [4.69, 9.17) is 4.74 Å². The number of carbonyl (C=O) groups excluding carboxylic acids is 2. The molecule has 0 aromatic heterocycles. The molecular formula is C30H33NO4. The van der Waals surface area contributed by atoms with Crippen molar-refractivity contribution in [2.75, 3.05) is 13.2 Å². The number of hydrogen-bond acceptors (Lipinski definition) is 4. The molecule has 4 rings (SSSR count). The highest BCUT2D eigenvalue weighted by Crippen LogP contribution is 2.42. The van der Waals surface area contributed by atoms with Crippen molar-refractivity contribution in [2.24, 2.45) is 5.92 Å². The summed E-state index contributed by atoms with van der Waals surface area (Å²) in [5.41, 5.74) is 2.33. The Labute approximate surface area is 207 Å². The molecule has 1 N–H and O–H groups in total. The average molecular weight is 472 g/mol. The minimum atomic E-state index is -0.648. The molecule has 182 valence electrons. The standard InChI is InChI=1S/C30H33NO4/c1-5-6-16-31-27(24-13-9-11-21-10-7-8-12-23(21)24)26(29(33)30(31)34)28(32)22-14-15-25(20(4)17-22)35-18-19(2)3/h7-15,17,19,27,32H,5-6,16,18H2,1-4H3/b28-26-. The maximum absolute atomic E-state index is 13.3. The third-order valence-corrected chi connectivity index (χ3v) is 6.43. The van der Waals surface area contributed by atoms with Gasteiger partial charge in [-0.1, -0.05) is 69.7 Å². The fourth-order valence-electron chi connectivity index (χ4n) is 4.62. The zero-order valence-electron chi connectivity index (χ0n) is 20.9. The third kappa shape index (κ3) is 4.81. The molecule has 35 heavy (non-hydrogen) atoms. The predicted octanol–water partition coefficient (Wildman–Crippen LogP) is 6.40. The first-order valence-corrected chi connectivity index (χ1v) is 12.3. The minimum absolute atomic E-state index is 0.137. The molecule has 1 fully saturated rings. The molecule has 1 unspecified atom stereocenters. The number of fused-ring (bicyclic) bond motifs is 1. The van der Waals surface area contributed by atoms with Crippen molar-refractivity contribution in [3.8, 4) is 5.75 Å². The average Bonchev–Trinajstić information content (AvgIpc) is 3.10. The van der Waals surface area contributed by atoms with Crippen LogP contribution in [0.1, 0.15) is 56.3 Å². The number of unbranched alkanes of at least 4 members (excludes halogenated alkanes) is 1. The van der Waals surface area contributed by atoms with Gasteiger partial charge in [-0.2, -0.15) is 0 Å². The van der Waals surface area contributed by atoms with Gasteiger partial charge in [-0.25, -0.2) is 0 Å². The van der Waals surface area contributed by atoms with Gasteiger partial charge in [0.1, 0.15) is 11.5 Å². The second-order valence-corrected chi connectivity index (χ2v) is 9.60. The van der Waals surface area contributed by atoms with E-state index < -0.39 is 17.7 Å². The van der Waals surface area contributed by atoms with E-state index in [1.165, 1.54) is 0 Å². The van der Waals surface area contributed by atoms with Gasteiger partial charge in [-0.3, -0.25) is 9.59 Å². The van der Waals surface area contributed by atoms with Crippen LogP contribution in [0.3, 0.4) is 0 Å². The summed E-state index contributed by atoms with van der Waals surface area (Å²) < 4.78 is 5.87. The van der Waals surface area contributed by atoms with Crippen LogP contribution >= 0.6 is 0 Å². The summed E-state index contributed by atoms with van der Waals surface area (Å²) in [6.07, 6.45) is 1.66. The van der Waals surface area contributed by atoms with E-state index in [-0.39, 0.29) is 11.3 Å². The summed E-state index contributed by atoms with van der Waals surface area (Å²) in [7, 11) is 0. The van der Waals surface area contributed by atoms with Crippen LogP contribution < -0.4 is 4.74 Å². The van der Waals surface area contributed by atoms with Crippen LogP contribution in [0.5, 0.6) is 5.75 Å². The Morgan fingerprint density at radius 1 is 1.06 bits per heavy atom. The van der Waals surface area contributed by atoms with E-state index in [9.17, 15) is 14.7 Å². The molecule has 1 aliphatic rings. The predicted molar refractivity (Wildman–Crippen MR) is 139 cm³/mol. The van der Waals surface area contributed by atoms with Gasteiger partial charge >= 0.3 is 0 Å². The van der Waals surface area contributed by atoms with Crippen LogP contribution in [0.15, 0.2) is 66.2 Å². The lowest BCUT2D eigenvalue weighted by Gasteiger charge is -2.26. The van der Waals surface area contributed by atoms with Gasteiger partial charge in [0, 0.05) is 12.1 Å². The first-order chi connectivity index (χ1) is 16.8. The molecule has 5 nitrogen and oxygen atoms in total. The molecule has 1 amide bonds. The molecule has 3 aromatic rings. The molecule has 1 heterocycles. The number of likely N-dealkylation sites (tertiary alicyclic amines) is 1. The number of hydrogen-bond donors (Lipinski definition) is 1. The third-order valence-electron chi connectivity index (χ3n) is 6.43. The fourth-order valence-corrected chi connectivity index (χ4v) is 4.62. The maximum Gasteiger partial charge on any atom is 0.295 e. The van der Waals surface area contributed by atoms with Crippen LogP contribution in [-0.2, 0) is 9.59 Å². The molecule has 1 aliphatic heterocycles. The Morgan fingerprint density at radius 2 is 1.80 bits per heavy atom. The Bertz CT molecular complexity index is 1290. The zero-order chi connectivity index (χ0) is 25.1. The molecule has 0 bridgehead atoms. The van der Waals surface area contributed by atoms with E-state index >= 15 is 0 Å². The number of amides is 1. The molecule has 0 aliphatic carbocycles. The second-order valence-electron chi connectivity index (χ2n) is 9.60. The van der Waals surface area contributed by atoms with Gasteiger partial charge in [0.15, 0.2) is 0 Å². The second kappa shape index (κ2) is 10.3. The lowest BCUT2D eigenvalue weighted by molar-refractivity contribution is -0.139. The molecule has 0 radical (unpaired) electrons. The van der Waals surface area contributed by atoms with Crippen LogP contribution in [0.2, 0.25) is 0 Å². The van der Waals surface area contributed by atoms with E-state index in [0.29, 0.717) is 24.6 Å². The highest BCUT2D eigenvalue weighted by Gasteiger charge is 2.46. The van der Waals surface area contributed by atoms with Crippen molar-refractivity contribution < 1.29 is 19.4 Å². The molecule has 0 saturated carbocycles. The van der Waals surface area contributed by atoms with Crippen molar-refractivity contribution >= 4 is 28.2 Å². The van der Waals surface area contributed by atoms with E-state index in [0.717, 1.165) is 40.5 Å². The summed E-state index contributed by atoms with van der Waals surface area (Å²) in [6.45, 7) is 9.17. The molecule has 1 saturated heterocycles. The lowest BCUT2D eigenvalue weighted by Crippen LogP contribution is -2.30. The number of aliphatic hydroxyl groups is 1. The number of ketones is 1. The van der Waals surface area contributed by atoms with Gasteiger partial charge < -0.3 is 14.7 Å². The number of nitrogens with zero attached hydrogens (tertiary/aromatic N) is 1. The zero-order valence-corrected chi connectivity index (χ0v) is 20.9. The number of carbonyl (C=O) groups is 2. The monoisotopic (exact) mass is 471 g/mol. The Balaban J connectivity index is 1.85. The highest BCUT2D eigenvalue weighted by atomic mass is 16.5. The van der Waals surface area contributed by atoms with Crippen molar-refractivity contribution in [1.29, 1.82) is 0 Å². The number of ether oxygens (including phenoxy) is 1. The SMILES string of the molecule is CCCCN1C(=O)C(=O)/C(=C(\O)c2ccc(OCC(C)C)c(C)c2)C1c1cccc2ccccc12. The fraction of sp³-hybridized carbons (Fsp3) is 0.333. The van der Waals surface area contributed by atoms with Crippen molar-refractivity contribution in [3.63, 3.8) is 0 Å². The van der Waals surface area contributed by atoms with E-state index in [1.807, 2.05) is 61.5 Å². The van der Waals surface area contributed by atoms with E-state index in [1.54, 1.807) is 11.0 Å². The quantitative estimate of drug-likeness (QED) is 0.234. The first-order valence-electron chi connectivity index (χ1n) is 12.3. The number of Topliss-reactive ketones (excluding diaryl/α,β-unsaturated/α-hetero) is 1. The first kappa shape index (κ1) is 24.5. The Morgan fingerprint density at radius 3 is 2.51 bits per heavy atom. The molecular weight excluding hydrogens is 438 g/mol. The number of aliphatic hydroxyl groups excluding tert-OH is 1. The molecule has 5 heteroatoms. The van der Waals surface area contributed by atoms with Crippen molar-refractivity contribution in [1.82, 2.24) is 4.90 Å².